The Morgan fingerprint density at radius 3 is 2.68 bits per heavy atom. The van der Waals surface area contributed by atoms with E-state index < -0.39 is 0 Å². The first kappa shape index (κ1) is 20.3. The third-order valence-electron chi connectivity index (χ3n) is 4.83. The van der Waals surface area contributed by atoms with Crippen LogP contribution in [0.25, 0.3) is 22.6 Å². The third kappa shape index (κ3) is 4.48. The van der Waals surface area contributed by atoms with Crippen molar-refractivity contribution in [2.24, 2.45) is 0 Å². The Hall–Kier alpha value is -3.94. The van der Waals surface area contributed by atoms with Gasteiger partial charge in [0.25, 0.3) is 5.56 Å². The number of benzene rings is 2. The number of ether oxygens (including phenoxy) is 2. The Bertz CT molecular complexity index is 1260. The van der Waals surface area contributed by atoms with Gasteiger partial charge < -0.3 is 14.0 Å². The van der Waals surface area contributed by atoms with Gasteiger partial charge in [-0.2, -0.15) is 10.1 Å². The van der Waals surface area contributed by atoms with E-state index in [1.807, 2.05) is 37.3 Å². The predicted octanol–water partition coefficient (Wildman–Crippen LogP) is 3.53. The number of methoxy groups -OCH3 is 2. The molecule has 0 aliphatic heterocycles. The SMILES string of the molecule is COc1ccc(OC)c(-c2ccc(=O)n(CCc3nc(-c4cccc(C)c4)no3)n2)c1. The number of rotatable bonds is 7. The smallest absolute Gasteiger partial charge is 0.266 e. The Morgan fingerprint density at radius 2 is 1.90 bits per heavy atom. The van der Waals surface area contributed by atoms with Crippen molar-refractivity contribution in [3.05, 3.63) is 76.4 Å². The maximum atomic E-state index is 12.3. The molecule has 0 aliphatic rings. The molecule has 8 heteroatoms. The Balaban J connectivity index is 1.56. The quantitative estimate of drug-likeness (QED) is 0.453. The molecule has 2 aromatic carbocycles. The van der Waals surface area contributed by atoms with Crippen LogP contribution in [0.1, 0.15) is 11.5 Å². The Kier molecular flexibility index (Phi) is 5.79. The Morgan fingerprint density at radius 1 is 1.03 bits per heavy atom. The average Bonchev–Trinajstić information content (AvgIpc) is 3.27. The van der Waals surface area contributed by atoms with E-state index in [0.29, 0.717) is 41.9 Å². The molecule has 2 heterocycles. The van der Waals surface area contributed by atoms with Crippen LogP contribution in [0.4, 0.5) is 0 Å². The van der Waals surface area contributed by atoms with Crippen molar-refractivity contribution in [3.8, 4) is 34.1 Å². The fourth-order valence-electron chi connectivity index (χ4n) is 3.23. The van der Waals surface area contributed by atoms with Gasteiger partial charge in [-0.3, -0.25) is 4.79 Å². The monoisotopic (exact) mass is 418 g/mol. The molecule has 0 saturated heterocycles. The number of hydrogen-bond acceptors (Lipinski definition) is 7. The zero-order chi connectivity index (χ0) is 21.8. The Labute approximate surface area is 179 Å². The largest absolute Gasteiger partial charge is 0.497 e. The third-order valence-corrected chi connectivity index (χ3v) is 4.83. The minimum atomic E-state index is -0.218. The molecule has 0 radical (unpaired) electrons. The van der Waals surface area contributed by atoms with Crippen LogP contribution < -0.4 is 15.0 Å². The van der Waals surface area contributed by atoms with Crippen LogP contribution in [0.2, 0.25) is 0 Å². The highest BCUT2D eigenvalue weighted by molar-refractivity contribution is 5.68. The lowest BCUT2D eigenvalue weighted by Gasteiger charge is -2.11. The van der Waals surface area contributed by atoms with Crippen LogP contribution in [-0.4, -0.2) is 34.1 Å². The molecule has 4 rings (SSSR count). The number of hydrogen-bond donors (Lipinski definition) is 0. The highest BCUT2D eigenvalue weighted by atomic mass is 16.5. The van der Waals surface area contributed by atoms with Gasteiger partial charge >= 0.3 is 0 Å². The summed E-state index contributed by atoms with van der Waals surface area (Å²) in [7, 11) is 3.18. The lowest BCUT2D eigenvalue weighted by molar-refractivity contribution is 0.367. The minimum Gasteiger partial charge on any atom is -0.497 e. The zero-order valence-corrected chi connectivity index (χ0v) is 17.5. The molecule has 0 atom stereocenters. The summed E-state index contributed by atoms with van der Waals surface area (Å²) in [6.45, 7) is 2.31. The summed E-state index contributed by atoms with van der Waals surface area (Å²) in [5.41, 5.74) is 3.11. The second-order valence-corrected chi connectivity index (χ2v) is 6.98. The molecule has 4 aromatic rings. The standard InChI is InChI=1S/C23H22N4O4/c1-15-5-4-6-16(13-15)23-24-21(31-26-23)11-12-27-22(28)10-8-19(25-27)18-14-17(29-2)7-9-20(18)30-3/h4-10,13-14H,11-12H2,1-3H3. The van der Waals surface area contributed by atoms with Crippen LogP contribution in [0.3, 0.4) is 0 Å². The number of nitrogens with zero attached hydrogens (tertiary/aromatic N) is 4. The van der Waals surface area contributed by atoms with Crippen LogP contribution in [-0.2, 0) is 13.0 Å². The molecule has 0 spiro atoms. The molecule has 0 unspecified atom stereocenters. The number of aromatic nitrogens is 4. The maximum absolute atomic E-state index is 12.3. The van der Waals surface area contributed by atoms with Crippen LogP contribution in [0.5, 0.6) is 11.5 Å². The summed E-state index contributed by atoms with van der Waals surface area (Å²) < 4.78 is 17.5. The summed E-state index contributed by atoms with van der Waals surface area (Å²) in [6, 6.07) is 16.4. The molecule has 0 fully saturated rings. The minimum absolute atomic E-state index is 0.218. The van der Waals surface area contributed by atoms with Crippen molar-refractivity contribution in [1.29, 1.82) is 0 Å². The normalized spacial score (nSPS) is 10.8. The molecular formula is C23H22N4O4. The van der Waals surface area contributed by atoms with Gasteiger partial charge in [-0.1, -0.05) is 28.9 Å². The molecule has 8 nitrogen and oxygen atoms in total. The predicted molar refractivity (Wildman–Crippen MR) is 115 cm³/mol. The first-order valence-electron chi connectivity index (χ1n) is 9.77. The fourth-order valence-corrected chi connectivity index (χ4v) is 3.23. The summed E-state index contributed by atoms with van der Waals surface area (Å²) in [6.07, 6.45) is 0.379. The molecular weight excluding hydrogens is 396 g/mol. The summed E-state index contributed by atoms with van der Waals surface area (Å²) in [5.74, 6) is 2.27. The van der Waals surface area contributed by atoms with Crippen LogP contribution in [0.15, 0.2) is 63.9 Å². The van der Waals surface area contributed by atoms with E-state index in [0.717, 1.165) is 16.7 Å². The molecule has 0 saturated carbocycles. The van der Waals surface area contributed by atoms with Gasteiger partial charge in [0.05, 0.1) is 26.5 Å². The topological polar surface area (TPSA) is 92.3 Å². The molecule has 0 bridgehead atoms. The zero-order valence-electron chi connectivity index (χ0n) is 17.5. The van der Waals surface area contributed by atoms with Gasteiger partial charge in [-0.15, -0.1) is 0 Å². The van der Waals surface area contributed by atoms with Crippen molar-refractivity contribution in [2.75, 3.05) is 14.2 Å². The molecule has 0 N–H and O–H groups in total. The maximum Gasteiger partial charge on any atom is 0.266 e. The second kappa shape index (κ2) is 8.83. The summed E-state index contributed by atoms with van der Waals surface area (Å²) >= 11 is 0. The van der Waals surface area contributed by atoms with E-state index in [4.69, 9.17) is 14.0 Å². The van der Waals surface area contributed by atoms with Gasteiger partial charge in [0, 0.05) is 23.6 Å². The van der Waals surface area contributed by atoms with E-state index in [2.05, 4.69) is 15.2 Å². The first-order chi connectivity index (χ1) is 15.1. The van der Waals surface area contributed by atoms with Crippen molar-refractivity contribution in [1.82, 2.24) is 19.9 Å². The van der Waals surface area contributed by atoms with Gasteiger partial charge in [0.1, 0.15) is 11.5 Å². The molecule has 31 heavy (non-hydrogen) atoms. The lowest BCUT2D eigenvalue weighted by Crippen LogP contribution is -2.23. The van der Waals surface area contributed by atoms with Gasteiger partial charge in [-0.05, 0) is 37.3 Å². The molecule has 2 aromatic heterocycles. The van der Waals surface area contributed by atoms with E-state index in [1.54, 1.807) is 32.4 Å². The van der Waals surface area contributed by atoms with Crippen molar-refractivity contribution >= 4 is 0 Å². The van der Waals surface area contributed by atoms with Crippen LogP contribution in [0, 0.1) is 6.92 Å². The first-order valence-corrected chi connectivity index (χ1v) is 9.77. The van der Waals surface area contributed by atoms with E-state index >= 15 is 0 Å². The van der Waals surface area contributed by atoms with Gasteiger partial charge in [0.2, 0.25) is 11.7 Å². The highest BCUT2D eigenvalue weighted by Gasteiger charge is 2.13. The van der Waals surface area contributed by atoms with Gasteiger partial charge in [-0.25, -0.2) is 4.68 Å². The van der Waals surface area contributed by atoms with E-state index in [1.165, 1.54) is 10.7 Å². The summed E-state index contributed by atoms with van der Waals surface area (Å²) in [4.78, 5) is 16.8. The summed E-state index contributed by atoms with van der Waals surface area (Å²) in [5, 5.41) is 8.54. The second-order valence-electron chi connectivity index (χ2n) is 6.98. The highest BCUT2D eigenvalue weighted by Crippen LogP contribution is 2.31. The molecule has 158 valence electrons. The van der Waals surface area contributed by atoms with Crippen molar-refractivity contribution in [2.45, 2.75) is 19.9 Å². The molecule has 0 aliphatic carbocycles. The van der Waals surface area contributed by atoms with E-state index in [-0.39, 0.29) is 5.56 Å². The van der Waals surface area contributed by atoms with E-state index in [9.17, 15) is 4.79 Å². The van der Waals surface area contributed by atoms with Gasteiger partial charge in [0.15, 0.2) is 0 Å². The van der Waals surface area contributed by atoms with Crippen molar-refractivity contribution < 1.29 is 14.0 Å². The fraction of sp³-hybridized carbons (Fsp3) is 0.217. The van der Waals surface area contributed by atoms with Crippen molar-refractivity contribution in [3.63, 3.8) is 0 Å². The average molecular weight is 418 g/mol. The number of aryl methyl sites for hydroxylation is 3. The molecule has 0 amide bonds. The lowest BCUT2D eigenvalue weighted by atomic mass is 10.1. The van der Waals surface area contributed by atoms with Crippen LogP contribution >= 0.6 is 0 Å².